The number of nitrogens with one attached hydrogen (secondary N) is 2. The predicted octanol–water partition coefficient (Wildman–Crippen LogP) is 2.73. The smallest absolute Gasteiger partial charge is 0.233 e. The van der Waals surface area contributed by atoms with Gasteiger partial charge in [-0.05, 0) is 30.0 Å². The van der Waals surface area contributed by atoms with E-state index in [0.29, 0.717) is 12.2 Å². The molecule has 2 N–H and O–H groups in total. The van der Waals surface area contributed by atoms with E-state index < -0.39 is 10.0 Å². The molecule has 0 radical (unpaired) electrons. The highest BCUT2D eigenvalue weighted by molar-refractivity contribution is 7.92. The quantitative estimate of drug-likeness (QED) is 0.761. The lowest BCUT2D eigenvalue weighted by Crippen LogP contribution is -2.28. The van der Waals surface area contributed by atoms with E-state index >= 15 is 0 Å². The van der Waals surface area contributed by atoms with Gasteiger partial charge in [0.05, 0.1) is 11.4 Å². The highest BCUT2D eigenvalue weighted by Gasteiger charge is 2.20. The number of para-hydroxylation sites is 1. The average Bonchev–Trinajstić information content (AvgIpc) is 2.33. The molecule has 0 aliphatic heterocycles. The van der Waals surface area contributed by atoms with Gasteiger partial charge in [0, 0.05) is 6.54 Å². The van der Waals surface area contributed by atoms with Gasteiger partial charge in [0.15, 0.2) is 0 Å². The van der Waals surface area contributed by atoms with Gasteiger partial charge in [-0.2, -0.15) is 0 Å². The molecular weight excluding hydrogens is 272 g/mol. The number of sulfonamides is 1. The van der Waals surface area contributed by atoms with Crippen LogP contribution < -0.4 is 10.0 Å². The summed E-state index contributed by atoms with van der Waals surface area (Å²) in [5, 5.41) is 3.10. The van der Waals surface area contributed by atoms with Crippen LogP contribution in [0.5, 0.6) is 0 Å². The molecule has 0 spiro atoms. The largest absolute Gasteiger partial charge is 0.316 e. The molecule has 4 nitrogen and oxygen atoms in total. The first kappa shape index (κ1) is 17.0. The number of hydrogen-bond donors (Lipinski definition) is 2. The fraction of sp³-hybridized carbons (Fsp3) is 0.600. The van der Waals surface area contributed by atoms with Crippen molar-refractivity contribution in [3.63, 3.8) is 0 Å². The summed E-state index contributed by atoms with van der Waals surface area (Å²) in [4.78, 5) is 0. The third kappa shape index (κ3) is 5.51. The van der Waals surface area contributed by atoms with Crippen LogP contribution in [0.25, 0.3) is 0 Å². The zero-order chi connectivity index (χ0) is 15.2. The molecule has 0 aromatic heterocycles. The van der Waals surface area contributed by atoms with Gasteiger partial charge in [0.25, 0.3) is 0 Å². The second-order valence-electron chi connectivity index (χ2n) is 5.97. The van der Waals surface area contributed by atoms with Gasteiger partial charge in [0.2, 0.25) is 10.0 Å². The first-order chi connectivity index (χ1) is 9.26. The molecule has 0 fully saturated rings. The minimum absolute atomic E-state index is 0.0888. The minimum Gasteiger partial charge on any atom is -0.316 e. The lowest BCUT2D eigenvalue weighted by molar-refractivity contribution is 0.588. The molecule has 0 aliphatic rings. The average molecular weight is 298 g/mol. The third-order valence-corrected chi connectivity index (χ3v) is 4.25. The molecular formula is C15H26N2O2S. The standard InChI is InChI=1S/C15H26N2O2S/c1-5-10-16-11-12-20(18,19)17-14-9-7-6-8-13(14)15(2,3)4/h6-9,16-17H,5,10-12H2,1-4H3. The predicted molar refractivity (Wildman–Crippen MR) is 85.7 cm³/mol. The van der Waals surface area contributed by atoms with Crippen LogP contribution in [0.4, 0.5) is 5.69 Å². The van der Waals surface area contributed by atoms with Crippen molar-refractivity contribution in [3.8, 4) is 0 Å². The summed E-state index contributed by atoms with van der Waals surface area (Å²) in [6.07, 6.45) is 1.00. The van der Waals surface area contributed by atoms with Crippen LogP contribution in [-0.4, -0.2) is 27.3 Å². The van der Waals surface area contributed by atoms with Crippen molar-refractivity contribution in [2.24, 2.45) is 0 Å². The Hall–Kier alpha value is -1.07. The molecule has 1 aromatic rings. The maximum absolute atomic E-state index is 12.1. The van der Waals surface area contributed by atoms with Gasteiger partial charge in [0.1, 0.15) is 0 Å². The molecule has 0 unspecified atom stereocenters. The van der Waals surface area contributed by atoms with Crippen molar-refractivity contribution in [3.05, 3.63) is 29.8 Å². The van der Waals surface area contributed by atoms with Crippen LogP contribution in [0.2, 0.25) is 0 Å². The molecule has 0 bridgehead atoms. The molecule has 5 heteroatoms. The fourth-order valence-electron chi connectivity index (χ4n) is 1.95. The summed E-state index contributed by atoms with van der Waals surface area (Å²) in [6, 6.07) is 7.56. The second kappa shape index (κ2) is 7.09. The van der Waals surface area contributed by atoms with Crippen LogP contribution in [0.1, 0.15) is 39.7 Å². The number of rotatable bonds is 7. The van der Waals surface area contributed by atoms with Crippen LogP contribution in [0.15, 0.2) is 24.3 Å². The molecule has 1 aromatic carbocycles. The molecule has 1 rings (SSSR count). The molecule has 0 heterocycles. The Kier molecular flexibility index (Phi) is 6.02. The van der Waals surface area contributed by atoms with E-state index in [0.717, 1.165) is 18.5 Å². The van der Waals surface area contributed by atoms with Crippen molar-refractivity contribution < 1.29 is 8.42 Å². The zero-order valence-electron chi connectivity index (χ0n) is 12.9. The number of hydrogen-bond acceptors (Lipinski definition) is 3. The van der Waals surface area contributed by atoms with Crippen molar-refractivity contribution in [2.45, 2.75) is 39.5 Å². The molecule has 20 heavy (non-hydrogen) atoms. The topological polar surface area (TPSA) is 58.2 Å². The van der Waals surface area contributed by atoms with E-state index in [9.17, 15) is 8.42 Å². The molecule has 0 atom stereocenters. The summed E-state index contributed by atoms with van der Waals surface area (Å²) in [5.41, 5.74) is 1.58. The van der Waals surface area contributed by atoms with Crippen molar-refractivity contribution in [1.82, 2.24) is 5.32 Å². The van der Waals surface area contributed by atoms with Crippen molar-refractivity contribution in [1.29, 1.82) is 0 Å². The first-order valence-electron chi connectivity index (χ1n) is 7.07. The molecule has 0 saturated carbocycles. The van der Waals surface area contributed by atoms with Crippen LogP contribution >= 0.6 is 0 Å². The Balaban J connectivity index is 2.78. The van der Waals surface area contributed by atoms with Gasteiger partial charge in [-0.15, -0.1) is 0 Å². The van der Waals surface area contributed by atoms with E-state index in [1.54, 1.807) is 0 Å². The van der Waals surface area contributed by atoms with E-state index in [2.05, 4.69) is 37.7 Å². The first-order valence-corrected chi connectivity index (χ1v) is 8.72. The summed E-state index contributed by atoms with van der Waals surface area (Å²) in [5.74, 6) is 0.0888. The molecule has 0 aliphatic carbocycles. The summed E-state index contributed by atoms with van der Waals surface area (Å²) < 4.78 is 26.9. The van der Waals surface area contributed by atoms with E-state index in [1.165, 1.54) is 0 Å². The van der Waals surface area contributed by atoms with Crippen LogP contribution in [0.3, 0.4) is 0 Å². The van der Waals surface area contributed by atoms with Crippen LogP contribution in [0, 0.1) is 0 Å². The highest BCUT2D eigenvalue weighted by atomic mass is 32.2. The summed E-state index contributed by atoms with van der Waals surface area (Å²) >= 11 is 0. The highest BCUT2D eigenvalue weighted by Crippen LogP contribution is 2.29. The molecule has 114 valence electrons. The van der Waals surface area contributed by atoms with E-state index in [-0.39, 0.29) is 11.2 Å². The Morgan fingerprint density at radius 1 is 1.10 bits per heavy atom. The number of anilines is 1. The summed E-state index contributed by atoms with van der Waals surface area (Å²) in [7, 11) is -3.31. The van der Waals surface area contributed by atoms with E-state index in [1.807, 2.05) is 24.3 Å². The second-order valence-corrected chi connectivity index (χ2v) is 7.81. The van der Waals surface area contributed by atoms with Gasteiger partial charge in [-0.1, -0.05) is 45.9 Å². The monoisotopic (exact) mass is 298 g/mol. The maximum Gasteiger partial charge on any atom is 0.233 e. The van der Waals surface area contributed by atoms with Gasteiger partial charge >= 0.3 is 0 Å². The Morgan fingerprint density at radius 3 is 2.35 bits per heavy atom. The Morgan fingerprint density at radius 2 is 1.75 bits per heavy atom. The van der Waals surface area contributed by atoms with Gasteiger partial charge < -0.3 is 5.32 Å². The van der Waals surface area contributed by atoms with E-state index in [4.69, 9.17) is 0 Å². The third-order valence-electron chi connectivity index (χ3n) is 2.97. The summed E-state index contributed by atoms with van der Waals surface area (Å²) in [6.45, 7) is 9.59. The van der Waals surface area contributed by atoms with Crippen molar-refractivity contribution >= 4 is 15.7 Å². The maximum atomic E-state index is 12.1. The normalized spacial score (nSPS) is 12.4. The fourth-order valence-corrected chi connectivity index (χ4v) is 2.98. The van der Waals surface area contributed by atoms with Gasteiger partial charge in [-0.3, -0.25) is 4.72 Å². The zero-order valence-corrected chi connectivity index (χ0v) is 13.7. The lowest BCUT2D eigenvalue weighted by Gasteiger charge is -2.23. The molecule has 0 saturated heterocycles. The number of benzene rings is 1. The molecule has 0 amide bonds. The minimum atomic E-state index is -3.31. The van der Waals surface area contributed by atoms with Gasteiger partial charge in [-0.25, -0.2) is 8.42 Å². The lowest BCUT2D eigenvalue weighted by atomic mass is 9.86. The Bertz CT molecular complexity index is 519. The van der Waals surface area contributed by atoms with Crippen LogP contribution in [-0.2, 0) is 15.4 Å². The van der Waals surface area contributed by atoms with Crippen molar-refractivity contribution in [2.75, 3.05) is 23.6 Å². The SMILES string of the molecule is CCCNCCS(=O)(=O)Nc1ccccc1C(C)(C)C. The Labute approximate surface area is 123 Å².